The van der Waals surface area contributed by atoms with Gasteiger partial charge in [-0.3, -0.25) is 0 Å². The average molecular weight is 560 g/mol. The Balaban J connectivity index is 1.53. The average Bonchev–Trinajstić information content (AvgIpc) is 2.93. The van der Waals surface area contributed by atoms with E-state index in [1.165, 1.54) is 23.3 Å². The molecule has 212 valence electrons. The Kier molecular flexibility index (Phi) is 9.17. The molecule has 0 amide bonds. The molecule has 0 aliphatic carbocycles. The summed E-state index contributed by atoms with van der Waals surface area (Å²) in [5.41, 5.74) is 8.32. The molecule has 0 aliphatic heterocycles. The number of nitrogens with zero attached hydrogens (tertiary/aromatic N) is 1. The lowest BCUT2D eigenvalue weighted by Gasteiger charge is -2.26. The summed E-state index contributed by atoms with van der Waals surface area (Å²) >= 11 is 0. The van der Waals surface area contributed by atoms with E-state index in [2.05, 4.69) is 48.3 Å². The molecule has 4 aromatic rings. The number of esters is 1. The van der Waals surface area contributed by atoms with E-state index in [0.717, 1.165) is 33.8 Å². The zero-order chi connectivity index (χ0) is 29.6. The van der Waals surface area contributed by atoms with Gasteiger partial charge in [0, 0.05) is 22.6 Å². The van der Waals surface area contributed by atoms with Gasteiger partial charge in [0.15, 0.2) is 0 Å². The normalized spacial score (nSPS) is 11.2. The summed E-state index contributed by atoms with van der Waals surface area (Å²) in [5, 5.41) is 0. The number of hydrogen-bond donors (Lipinski definition) is 0. The third-order valence-corrected chi connectivity index (χ3v) is 6.69. The SMILES string of the molecule is C=C(C)C(=O)OCc1ccc(N(c2ccc(CCc3cccc(OC(F)(F)F)c3)cc2)c2ccc(C)c(C)c2)cc1. The number of ether oxygens (including phenoxy) is 2. The fraction of sp³-hybridized carbons (Fsp3) is 0.206. The first-order chi connectivity index (χ1) is 19.5. The lowest BCUT2D eigenvalue weighted by Crippen LogP contribution is -2.17. The first-order valence-corrected chi connectivity index (χ1v) is 13.2. The van der Waals surface area contributed by atoms with Crippen LogP contribution in [0.3, 0.4) is 0 Å². The van der Waals surface area contributed by atoms with E-state index in [1.54, 1.807) is 19.1 Å². The number of halogens is 3. The fourth-order valence-electron chi connectivity index (χ4n) is 4.32. The van der Waals surface area contributed by atoms with Crippen LogP contribution in [0.15, 0.2) is 103 Å². The van der Waals surface area contributed by atoms with Gasteiger partial charge in [-0.2, -0.15) is 0 Å². The Hall–Kier alpha value is -4.52. The van der Waals surface area contributed by atoms with Gasteiger partial charge < -0.3 is 14.4 Å². The van der Waals surface area contributed by atoms with Gasteiger partial charge in [-0.25, -0.2) is 4.79 Å². The molecule has 4 nitrogen and oxygen atoms in total. The Bertz CT molecular complexity index is 1510. The standard InChI is InChI=1S/C34H32F3NO3/c1-23(2)33(39)40-22-28-13-18-30(19-14-28)38(31-15-8-24(3)25(4)20-31)29-16-11-26(12-17-29)9-10-27-6-5-7-32(21-27)41-34(35,36)37/h5-8,11-21H,1,9-10,22H2,2-4H3. The van der Waals surface area contributed by atoms with Crippen molar-refractivity contribution < 1.29 is 27.4 Å². The highest BCUT2D eigenvalue weighted by Crippen LogP contribution is 2.36. The van der Waals surface area contributed by atoms with E-state index < -0.39 is 12.3 Å². The molecule has 0 radical (unpaired) electrons. The van der Waals surface area contributed by atoms with E-state index in [9.17, 15) is 18.0 Å². The predicted octanol–water partition coefficient (Wildman–Crippen LogP) is 9.08. The molecule has 0 spiro atoms. The third-order valence-electron chi connectivity index (χ3n) is 6.69. The van der Waals surface area contributed by atoms with Crippen LogP contribution in [-0.4, -0.2) is 12.3 Å². The van der Waals surface area contributed by atoms with E-state index in [-0.39, 0.29) is 12.4 Å². The molecule has 0 aromatic heterocycles. The zero-order valence-corrected chi connectivity index (χ0v) is 23.3. The molecular formula is C34H32F3NO3. The van der Waals surface area contributed by atoms with Crippen LogP contribution in [0, 0.1) is 13.8 Å². The van der Waals surface area contributed by atoms with Gasteiger partial charge in [0.25, 0.3) is 0 Å². The lowest BCUT2D eigenvalue weighted by atomic mass is 10.0. The summed E-state index contributed by atoms with van der Waals surface area (Å²) in [4.78, 5) is 13.9. The van der Waals surface area contributed by atoms with Crippen molar-refractivity contribution in [1.29, 1.82) is 0 Å². The molecule has 0 saturated heterocycles. The van der Waals surface area contributed by atoms with Gasteiger partial charge in [-0.05, 0) is 110 Å². The molecular weight excluding hydrogens is 527 g/mol. The number of anilines is 3. The quantitative estimate of drug-likeness (QED) is 0.144. The van der Waals surface area contributed by atoms with Crippen molar-refractivity contribution in [2.45, 2.75) is 46.6 Å². The molecule has 0 unspecified atom stereocenters. The number of benzene rings is 4. The van der Waals surface area contributed by atoms with Crippen molar-refractivity contribution in [2.24, 2.45) is 0 Å². The summed E-state index contributed by atoms with van der Waals surface area (Å²) in [6, 6.07) is 28.4. The molecule has 0 aliphatic rings. The van der Waals surface area contributed by atoms with E-state index >= 15 is 0 Å². The van der Waals surface area contributed by atoms with E-state index in [4.69, 9.17) is 4.74 Å². The maximum Gasteiger partial charge on any atom is 0.573 e. The molecule has 41 heavy (non-hydrogen) atoms. The summed E-state index contributed by atoms with van der Waals surface area (Å²) in [6.07, 6.45) is -3.47. The monoisotopic (exact) mass is 559 g/mol. The van der Waals surface area contributed by atoms with Crippen molar-refractivity contribution in [3.63, 3.8) is 0 Å². The maximum absolute atomic E-state index is 12.6. The first-order valence-electron chi connectivity index (χ1n) is 13.2. The molecule has 0 fully saturated rings. The summed E-state index contributed by atoms with van der Waals surface area (Å²) in [7, 11) is 0. The first kappa shape index (κ1) is 29.5. The Labute approximate surface area is 238 Å². The number of alkyl halides is 3. The molecule has 0 heterocycles. The highest BCUT2D eigenvalue weighted by molar-refractivity contribution is 5.87. The van der Waals surface area contributed by atoms with Crippen molar-refractivity contribution >= 4 is 23.0 Å². The molecule has 7 heteroatoms. The fourth-order valence-corrected chi connectivity index (χ4v) is 4.32. The maximum atomic E-state index is 12.6. The molecule has 4 aromatic carbocycles. The molecule has 4 rings (SSSR count). The summed E-state index contributed by atoms with van der Waals surface area (Å²) in [5.74, 6) is -0.636. The van der Waals surface area contributed by atoms with Gasteiger partial charge in [-0.15, -0.1) is 13.2 Å². The summed E-state index contributed by atoms with van der Waals surface area (Å²) < 4.78 is 47.1. The Morgan fingerprint density at radius 3 is 1.93 bits per heavy atom. The van der Waals surface area contributed by atoms with Crippen LogP contribution in [-0.2, 0) is 29.0 Å². The second kappa shape index (κ2) is 12.8. The second-order valence-electron chi connectivity index (χ2n) is 9.99. The van der Waals surface area contributed by atoms with Crippen LogP contribution in [0.4, 0.5) is 30.2 Å². The van der Waals surface area contributed by atoms with Crippen LogP contribution in [0.1, 0.15) is 34.7 Å². The molecule has 0 N–H and O–H groups in total. The van der Waals surface area contributed by atoms with Crippen LogP contribution in [0.25, 0.3) is 0 Å². The van der Waals surface area contributed by atoms with Crippen molar-refractivity contribution in [2.75, 3.05) is 4.90 Å². The predicted molar refractivity (Wildman–Crippen MR) is 156 cm³/mol. The molecule has 0 atom stereocenters. The lowest BCUT2D eigenvalue weighted by molar-refractivity contribution is -0.274. The van der Waals surface area contributed by atoms with Crippen molar-refractivity contribution in [3.05, 3.63) is 131 Å². The Morgan fingerprint density at radius 2 is 1.34 bits per heavy atom. The zero-order valence-electron chi connectivity index (χ0n) is 23.3. The minimum absolute atomic E-state index is 0.162. The van der Waals surface area contributed by atoms with Gasteiger partial charge in [0.1, 0.15) is 12.4 Å². The number of carbonyl (C=O) groups excluding carboxylic acids is 1. The van der Waals surface area contributed by atoms with E-state index in [0.29, 0.717) is 18.4 Å². The van der Waals surface area contributed by atoms with Crippen LogP contribution in [0.2, 0.25) is 0 Å². The third kappa shape index (κ3) is 8.24. The number of aryl methyl sites for hydroxylation is 4. The van der Waals surface area contributed by atoms with Crippen LogP contribution in [0.5, 0.6) is 5.75 Å². The largest absolute Gasteiger partial charge is 0.573 e. The topological polar surface area (TPSA) is 38.8 Å². The molecule has 0 bridgehead atoms. The molecule has 0 saturated carbocycles. The number of rotatable bonds is 10. The van der Waals surface area contributed by atoms with Gasteiger partial charge in [0.2, 0.25) is 0 Å². The van der Waals surface area contributed by atoms with Gasteiger partial charge >= 0.3 is 12.3 Å². The second-order valence-corrected chi connectivity index (χ2v) is 9.99. The highest BCUT2D eigenvalue weighted by Gasteiger charge is 2.31. The van der Waals surface area contributed by atoms with Crippen LogP contribution < -0.4 is 9.64 Å². The van der Waals surface area contributed by atoms with Gasteiger partial charge in [0.05, 0.1) is 0 Å². The minimum atomic E-state index is -4.71. The highest BCUT2D eigenvalue weighted by atomic mass is 19.4. The number of hydrogen-bond acceptors (Lipinski definition) is 4. The van der Waals surface area contributed by atoms with Crippen molar-refractivity contribution in [1.82, 2.24) is 0 Å². The van der Waals surface area contributed by atoms with Gasteiger partial charge in [-0.1, -0.05) is 49.0 Å². The van der Waals surface area contributed by atoms with Crippen molar-refractivity contribution in [3.8, 4) is 5.75 Å². The van der Waals surface area contributed by atoms with E-state index in [1.807, 2.05) is 48.5 Å². The Morgan fingerprint density at radius 1 is 0.756 bits per heavy atom. The minimum Gasteiger partial charge on any atom is -0.457 e. The summed E-state index contributed by atoms with van der Waals surface area (Å²) in [6.45, 7) is 9.54. The number of carbonyl (C=O) groups is 1. The van der Waals surface area contributed by atoms with Crippen LogP contribution >= 0.6 is 0 Å². The smallest absolute Gasteiger partial charge is 0.457 e.